The summed E-state index contributed by atoms with van der Waals surface area (Å²) in [4.78, 5) is 5.57. The lowest BCUT2D eigenvalue weighted by Crippen LogP contribution is -2.18. The molecular weight excluding hydrogens is 216 g/mol. The van der Waals surface area contributed by atoms with Gasteiger partial charge in [-0.05, 0) is 49.0 Å². The predicted molar refractivity (Wildman–Crippen MR) is 68.8 cm³/mol. The lowest BCUT2D eigenvalue weighted by molar-refractivity contribution is 0.598. The van der Waals surface area contributed by atoms with Crippen LogP contribution in [0.2, 0.25) is 0 Å². The van der Waals surface area contributed by atoms with Crippen molar-refractivity contribution in [3.8, 4) is 0 Å². The maximum Gasteiger partial charge on any atom is 0.0456 e. The van der Waals surface area contributed by atoms with E-state index in [1.165, 1.54) is 16.0 Å². The van der Waals surface area contributed by atoms with Crippen LogP contribution in [0.4, 0.5) is 0 Å². The minimum Gasteiger partial charge on any atom is -0.312 e. The minimum absolute atomic E-state index is 0.393. The zero-order valence-corrected chi connectivity index (χ0v) is 10.4. The van der Waals surface area contributed by atoms with E-state index in [1.807, 2.05) is 36.8 Å². The smallest absolute Gasteiger partial charge is 0.0456 e. The number of aryl methyl sites for hydroxylation is 1. The van der Waals surface area contributed by atoms with Gasteiger partial charge >= 0.3 is 0 Å². The number of hydrogen-bond acceptors (Lipinski definition) is 3. The van der Waals surface area contributed by atoms with Crippen molar-refractivity contribution < 1.29 is 0 Å². The van der Waals surface area contributed by atoms with Crippen molar-refractivity contribution in [1.82, 2.24) is 10.3 Å². The van der Waals surface area contributed by atoms with Gasteiger partial charge in [0.1, 0.15) is 0 Å². The molecule has 0 aromatic carbocycles. The normalized spacial score (nSPS) is 12.6. The van der Waals surface area contributed by atoms with E-state index in [0.29, 0.717) is 6.04 Å². The SMILES string of the molecule is CNC(Cc1cccnc1)c1sccc1C. The maximum absolute atomic E-state index is 4.15. The number of thiophene rings is 1. The molecule has 0 amide bonds. The highest BCUT2D eigenvalue weighted by Crippen LogP contribution is 2.26. The van der Waals surface area contributed by atoms with E-state index >= 15 is 0 Å². The average Bonchev–Trinajstić information content (AvgIpc) is 2.74. The lowest BCUT2D eigenvalue weighted by Gasteiger charge is -2.15. The highest BCUT2D eigenvalue weighted by molar-refractivity contribution is 7.10. The Morgan fingerprint density at radius 3 is 2.88 bits per heavy atom. The van der Waals surface area contributed by atoms with Crippen LogP contribution < -0.4 is 5.32 Å². The number of nitrogens with zero attached hydrogens (tertiary/aromatic N) is 1. The van der Waals surface area contributed by atoms with Crippen LogP contribution in [0.15, 0.2) is 36.0 Å². The third-order valence-corrected chi connectivity index (χ3v) is 3.86. The Morgan fingerprint density at radius 2 is 2.31 bits per heavy atom. The summed E-state index contributed by atoms with van der Waals surface area (Å²) >= 11 is 1.82. The summed E-state index contributed by atoms with van der Waals surface area (Å²) < 4.78 is 0. The molecule has 2 rings (SSSR count). The fourth-order valence-corrected chi connectivity index (χ4v) is 2.86. The van der Waals surface area contributed by atoms with Crippen LogP contribution in [-0.2, 0) is 6.42 Å². The Kier molecular flexibility index (Phi) is 3.70. The van der Waals surface area contributed by atoms with Crippen LogP contribution in [0, 0.1) is 6.92 Å². The summed E-state index contributed by atoms with van der Waals surface area (Å²) in [6.45, 7) is 2.17. The number of likely N-dealkylation sites (N-methyl/N-ethyl adjacent to an activating group) is 1. The van der Waals surface area contributed by atoms with Crippen LogP contribution in [0.25, 0.3) is 0 Å². The van der Waals surface area contributed by atoms with Crippen molar-refractivity contribution >= 4 is 11.3 Å². The van der Waals surface area contributed by atoms with Crippen LogP contribution >= 0.6 is 11.3 Å². The molecule has 0 aliphatic heterocycles. The average molecular weight is 232 g/mol. The van der Waals surface area contributed by atoms with Crippen molar-refractivity contribution in [1.29, 1.82) is 0 Å². The number of pyridine rings is 1. The molecule has 0 aliphatic rings. The molecule has 1 unspecified atom stereocenters. The topological polar surface area (TPSA) is 24.9 Å². The predicted octanol–water partition coefficient (Wildman–Crippen LogP) is 2.95. The van der Waals surface area contributed by atoms with Gasteiger partial charge in [0.15, 0.2) is 0 Å². The first-order valence-corrected chi connectivity index (χ1v) is 6.29. The summed E-state index contributed by atoms with van der Waals surface area (Å²) in [5.74, 6) is 0. The first-order chi connectivity index (χ1) is 7.81. The third-order valence-electron chi connectivity index (χ3n) is 2.73. The number of nitrogens with one attached hydrogen (secondary N) is 1. The van der Waals surface area contributed by atoms with Crippen LogP contribution in [0.3, 0.4) is 0 Å². The number of hydrogen-bond donors (Lipinski definition) is 1. The molecule has 0 fully saturated rings. The van der Waals surface area contributed by atoms with Gasteiger partial charge in [-0.25, -0.2) is 0 Å². The van der Waals surface area contributed by atoms with E-state index in [2.05, 4.69) is 34.7 Å². The van der Waals surface area contributed by atoms with E-state index in [0.717, 1.165) is 6.42 Å². The highest BCUT2D eigenvalue weighted by atomic mass is 32.1. The fourth-order valence-electron chi connectivity index (χ4n) is 1.82. The maximum atomic E-state index is 4.15. The number of aromatic nitrogens is 1. The molecule has 0 saturated heterocycles. The molecule has 2 aromatic heterocycles. The Labute approximate surface area is 100 Å². The van der Waals surface area contributed by atoms with E-state index in [1.54, 1.807) is 0 Å². The molecule has 0 aliphatic carbocycles. The molecule has 84 valence electrons. The molecule has 0 radical (unpaired) electrons. The molecule has 2 aromatic rings. The molecule has 0 bridgehead atoms. The second-order valence-corrected chi connectivity index (χ2v) is 4.82. The third kappa shape index (κ3) is 2.49. The van der Waals surface area contributed by atoms with E-state index in [-0.39, 0.29) is 0 Å². The standard InChI is InChI=1S/C13H16N2S/c1-10-5-7-16-13(10)12(14-2)8-11-4-3-6-15-9-11/h3-7,9,12,14H,8H2,1-2H3. The second kappa shape index (κ2) is 5.23. The molecule has 3 heteroatoms. The second-order valence-electron chi connectivity index (χ2n) is 3.87. The first-order valence-electron chi connectivity index (χ1n) is 5.41. The van der Waals surface area contributed by atoms with Gasteiger partial charge in [0, 0.05) is 23.3 Å². The zero-order valence-electron chi connectivity index (χ0n) is 9.60. The zero-order chi connectivity index (χ0) is 11.4. The van der Waals surface area contributed by atoms with Gasteiger partial charge in [-0.15, -0.1) is 11.3 Å². The van der Waals surface area contributed by atoms with Crippen LogP contribution in [0.5, 0.6) is 0 Å². The summed E-state index contributed by atoms with van der Waals surface area (Å²) in [5.41, 5.74) is 2.64. The highest BCUT2D eigenvalue weighted by Gasteiger charge is 2.13. The molecule has 0 spiro atoms. The Balaban J connectivity index is 2.16. The Bertz CT molecular complexity index is 436. The fraction of sp³-hybridized carbons (Fsp3) is 0.308. The van der Waals surface area contributed by atoms with Gasteiger partial charge < -0.3 is 5.32 Å². The molecule has 1 atom stereocenters. The summed E-state index contributed by atoms with van der Waals surface area (Å²) in [6.07, 6.45) is 4.74. The minimum atomic E-state index is 0.393. The van der Waals surface area contributed by atoms with Gasteiger partial charge in [-0.2, -0.15) is 0 Å². The quantitative estimate of drug-likeness (QED) is 0.876. The molecule has 1 N–H and O–H groups in total. The van der Waals surface area contributed by atoms with Gasteiger partial charge in [-0.1, -0.05) is 6.07 Å². The molecule has 0 saturated carbocycles. The van der Waals surface area contributed by atoms with E-state index in [9.17, 15) is 0 Å². The van der Waals surface area contributed by atoms with Crippen LogP contribution in [0.1, 0.15) is 22.0 Å². The lowest BCUT2D eigenvalue weighted by atomic mass is 10.0. The van der Waals surface area contributed by atoms with E-state index in [4.69, 9.17) is 0 Å². The van der Waals surface area contributed by atoms with Crippen molar-refractivity contribution in [3.05, 3.63) is 52.0 Å². The van der Waals surface area contributed by atoms with E-state index < -0.39 is 0 Å². The summed E-state index contributed by atoms with van der Waals surface area (Å²) in [7, 11) is 2.01. The molecule has 2 heterocycles. The summed E-state index contributed by atoms with van der Waals surface area (Å²) in [5, 5.41) is 5.53. The largest absolute Gasteiger partial charge is 0.312 e. The molecular formula is C13H16N2S. The van der Waals surface area contributed by atoms with Crippen molar-refractivity contribution in [2.24, 2.45) is 0 Å². The monoisotopic (exact) mass is 232 g/mol. The Morgan fingerprint density at radius 1 is 1.44 bits per heavy atom. The van der Waals surface area contributed by atoms with Gasteiger partial charge in [0.05, 0.1) is 0 Å². The molecule has 2 nitrogen and oxygen atoms in total. The van der Waals surface area contributed by atoms with Crippen molar-refractivity contribution in [3.63, 3.8) is 0 Å². The van der Waals surface area contributed by atoms with Crippen LogP contribution in [-0.4, -0.2) is 12.0 Å². The summed E-state index contributed by atoms with van der Waals surface area (Å²) in [6, 6.07) is 6.68. The van der Waals surface area contributed by atoms with Gasteiger partial charge in [0.25, 0.3) is 0 Å². The Hall–Kier alpha value is -1.19. The first kappa shape index (κ1) is 11.3. The number of rotatable bonds is 4. The molecule has 16 heavy (non-hydrogen) atoms. The van der Waals surface area contributed by atoms with Crippen molar-refractivity contribution in [2.75, 3.05) is 7.05 Å². The van der Waals surface area contributed by atoms with Gasteiger partial charge in [-0.3, -0.25) is 4.98 Å². The van der Waals surface area contributed by atoms with Crippen molar-refractivity contribution in [2.45, 2.75) is 19.4 Å². The van der Waals surface area contributed by atoms with Gasteiger partial charge in [0.2, 0.25) is 0 Å².